The topological polar surface area (TPSA) is 41.6 Å². The molecule has 0 spiro atoms. The number of nitrogens with zero attached hydrogens (tertiary/aromatic N) is 1. The molecule has 4 heteroatoms. The first-order chi connectivity index (χ1) is 8.47. The maximum absolute atomic E-state index is 12.4. The van der Waals surface area contributed by atoms with Crippen LogP contribution in [0.15, 0.2) is 0 Å². The first kappa shape index (κ1) is 13.8. The molecule has 1 heterocycles. The molecule has 2 fully saturated rings. The Labute approximate surface area is 110 Å². The molecule has 1 saturated carbocycles. The van der Waals surface area contributed by atoms with E-state index in [0.29, 0.717) is 5.92 Å². The highest BCUT2D eigenvalue weighted by Gasteiger charge is 2.44. The van der Waals surface area contributed by atoms with E-state index in [1.54, 1.807) is 7.11 Å². The first-order valence-electron chi connectivity index (χ1n) is 7.09. The molecule has 4 nitrogen and oxygen atoms in total. The van der Waals surface area contributed by atoms with Crippen LogP contribution in [0.5, 0.6) is 0 Å². The maximum Gasteiger partial charge on any atom is 0.241 e. The second-order valence-electron chi connectivity index (χ2n) is 6.23. The second-order valence-corrected chi connectivity index (χ2v) is 6.23. The molecule has 2 atom stereocenters. The number of ether oxygens (including phenoxy) is 1. The molecule has 1 aliphatic carbocycles. The molecule has 1 aliphatic heterocycles. The molecular weight excluding hydrogens is 228 g/mol. The Bertz CT molecular complexity index is 307. The van der Waals surface area contributed by atoms with Gasteiger partial charge in [-0.25, -0.2) is 0 Å². The van der Waals surface area contributed by atoms with Gasteiger partial charge in [-0.3, -0.25) is 10.1 Å². The van der Waals surface area contributed by atoms with Gasteiger partial charge in [0.1, 0.15) is 0 Å². The Kier molecular flexibility index (Phi) is 3.97. The molecule has 18 heavy (non-hydrogen) atoms. The predicted octanol–water partition coefficient (Wildman–Crippen LogP) is 1.75. The minimum atomic E-state index is -0.0711. The SMILES string of the molecule is COC1(CN2C(=O)C(CC(C)C)NC2C)CCC1. The summed E-state index contributed by atoms with van der Waals surface area (Å²) >= 11 is 0. The molecule has 1 saturated heterocycles. The highest BCUT2D eigenvalue weighted by molar-refractivity contribution is 5.84. The quantitative estimate of drug-likeness (QED) is 0.812. The van der Waals surface area contributed by atoms with Gasteiger partial charge in [0.25, 0.3) is 0 Å². The van der Waals surface area contributed by atoms with E-state index in [1.165, 1.54) is 6.42 Å². The number of hydrogen-bond acceptors (Lipinski definition) is 3. The molecule has 104 valence electrons. The fourth-order valence-corrected chi connectivity index (χ4v) is 3.01. The first-order valence-corrected chi connectivity index (χ1v) is 7.09. The van der Waals surface area contributed by atoms with Crippen molar-refractivity contribution in [3.05, 3.63) is 0 Å². The minimum Gasteiger partial charge on any atom is -0.376 e. The van der Waals surface area contributed by atoms with Crippen LogP contribution in [0.3, 0.4) is 0 Å². The Morgan fingerprint density at radius 3 is 2.61 bits per heavy atom. The Morgan fingerprint density at radius 2 is 2.17 bits per heavy atom. The minimum absolute atomic E-state index is 0.00557. The molecule has 2 rings (SSSR count). The van der Waals surface area contributed by atoms with Gasteiger partial charge in [0, 0.05) is 7.11 Å². The normalized spacial score (nSPS) is 30.9. The summed E-state index contributed by atoms with van der Waals surface area (Å²) in [6.45, 7) is 7.13. The number of methoxy groups -OCH3 is 1. The fourth-order valence-electron chi connectivity index (χ4n) is 3.01. The Balaban J connectivity index is 1.98. The molecular formula is C14H26N2O2. The van der Waals surface area contributed by atoms with Crippen LogP contribution in [0.25, 0.3) is 0 Å². The van der Waals surface area contributed by atoms with E-state index in [4.69, 9.17) is 4.74 Å². The van der Waals surface area contributed by atoms with Gasteiger partial charge in [-0.1, -0.05) is 13.8 Å². The van der Waals surface area contributed by atoms with Crippen LogP contribution in [0, 0.1) is 5.92 Å². The molecule has 2 aliphatic rings. The Morgan fingerprint density at radius 1 is 1.50 bits per heavy atom. The standard InChI is InChI=1S/C14H26N2O2/c1-10(2)8-12-13(17)16(11(3)15-12)9-14(18-4)6-5-7-14/h10-12,15H,5-9H2,1-4H3. The molecule has 0 aromatic heterocycles. The zero-order valence-electron chi connectivity index (χ0n) is 12.0. The van der Waals surface area contributed by atoms with Crippen molar-refractivity contribution in [2.75, 3.05) is 13.7 Å². The lowest BCUT2D eigenvalue weighted by Crippen LogP contribution is -2.52. The average molecular weight is 254 g/mol. The number of carbonyl (C=O) groups is 1. The second kappa shape index (κ2) is 5.17. The summed E-state index contributed by atoms with van der Waals surface area (Å²) in [5, 5.41) is 3.40. The van der Waals surface area contributed by atoms with E-state index in [1.807, 2.05) is 4.90 Å². The largest absolute Gasteiger partial charge is 0.376 e. The van der Waals surface area contributed by atoms with Gasteiger partial charge in [0.05, 0.1) is 24.4 Å². The van der Waals surface area contributed by atoms with Crippen molar-refractivity contribution in [3.63, 3.8) is 0 Å². The lowest BCUT2D eigenvalue weighted by molar-refractivity contribution is -0.140. The summed E-state index contributed by atoms with van der Waals surface area (Å²) in [6, 6.07) is -0.00557. The third kappa shape index (κ3) is 2.54. The number of rotatable bonds is 5. The van der Waals surface area contributed by atoms with Crippen LogP contribution in [0.1, 0.15) is 46.5 Å². The average Bonchev–Trinajstić information content (AvgIpc) is 2.49. The molecule has 2 unspecified atom stereocenters. The number of carbonyl (C=O) groups excluding carboxylic acids is 1. The van der Waals surface area contributed by atoms with Crippen molar-refractivity contribution >= 4 is 5.91 Å². The zero-order valence-corrected chi connectivity index (χ0v) is 12.0. The van der Waals surface area contributed by atoms with E-state index in [2.05, 4.69) is 26.1 Å². The third-order valence-corrected chi connectivity index (χ3v) is 4.35. The van der Waals surface area contributed by atoms with Crippen LogP contribution < -0.4 is 5.32 Å². The molecule has 1 amide bonds. The lowest BCUT2D eigenvalue weighted by atomic mass is 9.79. The van der Waals surface area contributed by atoms with Gasteiger partial charge < -0.3 is 9.64 Å². The summed E-state index contributed by atoms with van der Waals surface area (Å²) in [6.07, 6.45) is 4.42. The van der Waals surface area contributed by atoms with Gasteiger partial charge in [-0.2, -0.15) is 0 Å². The molecule has 0 aromatic carbocycles. The van der Waals surface area contributed by atoms with Crippen molar-refractivity contribution < 1.29 is 9.53 Å². The number of amides is 1. The van der Waals surface area contributed by atoms with E-state index >= 15 is 0 Å². The van der Waals surface area contributed by atoms with E-state index in [0.717, 1.165) is 25.8 Å². The predicted molar refractivity (Wildman–Crippen MR) is 71.1 cm³/mol. The van der Waals surface area contributed by atoms with E-state index in [9.17, 15) is 4.79 Å². The smallest absolute Gasteiger partial charge is 0.241 e. The van der Waals surface area contributed by atoms with Crippen molar-refractivity contribution in [2.45, 2.75) is 64.3 Å². The van der Waals surface area contributed by atoms with Crippen molar-refractivity contribution in [1.82, 2.24) is 10.2 Å². The molecule has 0 aromatic rings. The van der Waals surface area contributed by atoms with Gasteiger partial charge in [0.2, 0.25) is 5.91 Å². The summed E-state index contributed by atoms with van der Waals surface area (Å²) in [4.78, 5) is 14.4. The van der Waals surface area contributed by atoms with Gasteiger partial charge in [-0.05, 0) is 38.5 Å². The monoisotopic (exact) mass is 254 g/mol. The van der Waals surface area contributed by atoms with E-state index < -0.39 is 0 Å². The summed E-state index contributed by atoms with van der Waals surface area (Å²) < 4.78 is 5.63. The number of nitrogens with one attached hydrogen (secondary N) is 1. The number of hydrogen-bond donors (Lipinski definition) is 1. The third-order valence-electron chi connectivity index (χ3n) is 4.35. The Hall–Kier alpha value is -0.610. The maximum atomic E-state index is 12.4. The van der Waals surface area contributed by atoms with Crippen molar-refractivity contribution in [2.24, 2.45) is 5.92 Å². The highest BCUT2D eigenvalue weighted by atomic mass is 16.5. The fraction of sp³-hybridized carbons (Fsp3) is 0.929. The van der Waals surface area contributed by atoms with Gasteiger partial charge in [-0.15, -0.1) is 0 Å². The molecule has 0 bridgehead atoms. The van der Waals surface area contributed by atoms with Crippen LogP contribution in [-0.2, 0) is 9.53 Å². The van der Waals surface area contributed by atoms with Gasteiger partial charge in [0.15, 0.2) is 0 Å². The van der Waals surface area contributed by atoms with Crippen LogP contribution in [-0.4, -0.2) is 42.3 Å². The molecule has 1 N–H and O–H groups in total. The van der Waals surface area contributed by atoms with Crippen LogP contribution >= 0.6 is 0 Å². The van der Waals surface area contributed by atoms with Crippen LogP contribution in [0.2, 0.25) is 0 Å². The highest BCUT2D eigenvalue weighted by Crippen LogP contribution is 2.36. The summed E-state index contributed by atoms with van der Waals surface area (Å²) in [7, 11) is 1.77. The lowest BCUT2D eigenvalue weighted by Gasteiger charge is -2.43. The van der Waals surface area contributed by atoms with Crippen molar-refractivity contribution in [3.8, 4) is 0 Å². The van der Waals surface area contributed by atoms with Gasteiger partial charge >= 0.3 is 0 Å². The zero-order chi connectivity index (χ0) is 13.3. The van der Waals surface area contributed by atoms with E-state index in [-0.39, 0.29) is 23.7 Å². The van der Waals surface area contributed by atoms with Crippen LogP contribution in [0.4, 0.5) is 0 Å². The summed E-state index contributed by atoms with van der Waals surface area (Å²) in [5.74, 6) is 0.790. The van der Waals surface area contributed by atoms with Crippen molar-refractivity contribution in [1.29, 1.82) is 0 Å². The molecule has 0 radical (unpaired) electrons. The summed E-state index contributed by atoms with van der Waals surface area (Å²) in [5.41, 5.74) is -0.0711.